The van der Waals surface area contributed by atoms with Crippen LogP contribution in [-0.4, -0.2) is 11.7 Å². The molecule has 1 rings (SSSR count). The minimum atomic E-state index is -0.00657. The molecule has 1 aromatic rings. The van der Waals surface area contributed by atoms with Crippen molar-refractivity contribution in [2.45, 2.75) is 20.3 Å². The number of aliphatic hydroxyl groups is 1. The van der Waals surface area contributed by atoms with Gasteiger partial charge in [-0.05, 0) is 39.2 Å². The number of aliphatic hydroxyl groups excluding tert-OH is 1. The zero-order chi connectivity index (χ0) is 9.19. The van der Waals surface area contributed by atoms with Crippen molar-refractivity contribution in [3.63, 3.8) is 0 Å². The van der Waals surface area contributed by atoms with Crippen LogP contribution >= 0.6 is 27.3 Å². The van der Waals surface area contributed by atoms with Gasteiger partial charge in [-0.3, -0.25) is 0 Å². The maximum atomic E-state index is 9.07. The summed E-state index contributed by atoms with van der Waals surface area (Å²) < 4.78 is 1.16. The Morgan fingerprint density at radius 1 is 1.58 bits per heavy atom. The highest BCUT2D eigenvalue weighted by Gasteiger charge is 2.18. The van der Waals surface area contributed by atoms with Gasteiger partial charge in [0.2, 0.25) is 0 Å². The lowest BCUT2D eigenvalue weighted by molar-refractivity contribution is 0.160. The molecule has 0 atom stereocenters. The maximum absolute atomic E-state index is 9.07. The fourth-order valence-electron chi connectivity index (χ4n) is 0.942. The first-order valence-electron chi connectivity index (χ1n) is 3.88. The van der Waals surface area contributed by atoms with E-state index in [4.69, 9.17) is 5.11 Å². The van der Waals surface area contributed by atoms with E-state index in [1.54, 1.807) is 11.3 Å². The highest BCUT2D eigenvalue weighted by Crippen LogP contribution is 2.30. The van der Waals surface area contributed by atoms with Gasteiger partial charge in [-0.2, -0.15) is 0 Å². The summed E-state index contributed by atoms with van der Waals surface area (Å²) in [7, 11) is 0. The number of thiophene rings is 1. The van der Waals surface area contributed by atoms with Crippen LogP contribution in [0, 0.1) is 5.41 Å². The first-order chi connectivity index (χ1) is 5.55. The Morgan fingerprint density at radius 3 is 2.67 bits per heavy atom. The van der Waals surface area contributed by atoms with Gasteiger partial charge in [0.15, 0.2) is 0 Å². The number of rotatable bonds is 3. The van der Waals surface area contributed by atoms with Crippen molar-refractivity contribution in [1.82, 2.24) is 0 Å². The molecule has 0 bridgehead atoms. The Labute approximate surface area is 85.6 Å². The van der Waals surface area contributed by atoms with E-state index in [0.29, 0.717) is 0 Å². The van der Waals surface area contributed by atoms with Crippen LogP contribution in [0.3, 0.4) is 0 Å². The molecule has 0 saturated heterocycles. The summed E-state index contributed by atoms with van der Waals surface area (Å²) in [5.41, 5.74) is -0.00657. The van der Waals surface area contributed by atoms with Gasteiger partial charge in [-0.25, -0.2) is 0 Å². The number of hydrogen-bond acceptors (Lipinski definition) is 2. The maximum Gasteiger partial charge on any atom is 0.0485 e. The van der Waals surface area contributed by atoms with E-state index >= 15 is 0 Å². The van der Waals surface area contributed by atoms with Crippen molar-refractivity contribution >= 4 is 27.3 Å². The van der Waals surface area contributed by atoms with Crippen LogP contribution in [0.15, 0.2) is 15.9 Å². The Balaban J connectivity index is 2.70. The predicted octanol–water partition coefficient (Wildman–Crippen LogP) is 3.07. The van der Waals surface area contributed by atoms with Gasteiger partial charge in [0.1, 0.15) is 0 Å². The molecule has 0 aromatic carbocycles. The normalized spacial score (nSPS) is 12.0. The van der Waals surface area contributed by atoms with E-state index in [1.807, 2.05) is 6.07 Å². The highest BCUT2D eigenvalue weighted by molar-refractivity contribution is 9.10. The fraction of sp³-hybridized carbons (Fsp3) is 0.556. The van der Waals surface area contributed by atoms with Gasteiger partial charge < -0.3 is 5.11 Å². The van der Waals surface area contributed by atoms with Crippen molar-refractivity contribution in [2.24, 2.45) is 5.41 Å². The van der Waals surface area contributed by atoms with Crippen LogP contribution in [0.5, 0.6) is 0 Å². The molecule has 1 nitrogen and oxygen atoms in total. The molecule has 0 unspecified atom stereocenters. The second kappa shape index (κ2) is 3.90. The molecule has 0 aliphatic heterocycles. The molecule has 0 radical (unpaired) electrons. The van der Waals surface area contributed by atoms with Crippen molar-refractivity contribution in [3.05, 3.63) is 20.8 Å². The van der Waals surface area contributed by atoms with Crippen molar-refractivity contribution in [3.8, 4) is 0 Å². The lowest BCUT2D eigenvalue weighted by atomic mass is 9.90. The summed E-state index contributed by atoms with van der Waals surface area (Å²) in [6.07, 6.45) is 0.932. The minimum absolute atomic E-state index is 0.00657. The Bertz CT molecular complexity index is 255. The van der Waals surface area contributed by atoms with Gasteiger partial charge in [-0.15, -0.1) is 11.3 Å². The van der Waals surface area contributed by atoms with E-state index in [1.165, 1.54) is 4.88 Å². The Morgan fingerprint density at radius 2 is 2.25 bits per heavy atom. The molecule has 1 heterocycles. The third-order valence-corrected chi connectivity index (χ3v) is 3.68. The first-order valence-corrected chi connectivity index (χ1v) is 5.55. The van der Waals surface area contributed by atoms with Crippen molar-refractivity contribution in [1.29, 1.82) is 0 Å². The predicted molar refractivity (Wildman–Crippen MR) is 56.6 cm³/mol. The van der Waals surface area contributed by atoms with Crippen molar-refractivity contribution < 1.29 is 5.11 Å². The minimum Gasteiger partial charge on any atom is -0.396 e. The molecule has 0 saturated carbocycles. The van der Waals surface area contributed by atoms with E-state index in [2.05, 4.69) is 35.2 Å². The molecule has 1 N–H and O–H groups in total. The van der Waals surface area contributed by atoms with E-state index < -0.39 is 0 Å². The molecule has 0 amide bonds. The lowest BCUT2D eigenvalue weighted by Gasteiger charge is -2.20. The van der Waals surface area contributed by atoms with Gasteiger partial charge in [0, 0.05) is 16.0 Å². The van der Waals surface area contributed by atoms with Crippen LogP contribution in [0.25, 0.3) is 0 Å². The summed E-state index contributed by atoms with van der Waals surface area (Å²) in [5, 5.41) is 11.1. The van der Waals surface area contributed by atoms with Gasteiger partial charge in [0.25, 0.3) is 0 Å². The quantitative estimate of drug-likeness (QED) is 0.872. The monoisotopic (exact) mass is 248 g/mol. The van der Waals surface area contributed by atoms with E-state index in [0.717, 1.165) is 10.9 Å². The Kier molecular flexibility index (Phi) is 3.32. The molecule has 1 aromatic heterocycles. The van der Waals surface area contributed by atoms with Gasteiger partial charge in [0.05, 0.1) is 0 Å². The van der Waals surface area contributed by atoms with Crippen LogP contribution in [0.2, 0.25) is 0 Å². The highest BCUT2D eigenvalue weighted by atomic mass is 79.9. The van der Waals surface area contributed by atoms with E-state index in [9.17, 15) is 0 Å². The SMILES string of the molecule is CC(C)(CO)Cc1sccc1Br. The Hall–Kier alpha value is 0.140. The summed E-state index contributed by atoms with van der Waals surface area (Å²) in [5.74, 6) is 0. The summed E-state index contributed by atoms with van der Waals surface area (Å²) in [6, 6.07) is 2.05. The summed E-state index contributed by atoms with van der Waals surface area (Å²) >= 11 is 5.21. The number of halogens is 1. The average Bonchev–Trinajstić information content (AvgIpc) is 2.36. The standard InChI is InChI=1S/C9H13BrOS/c1-9(2,6-11)5-8-7(10)3-4-12-8/h3-4,11H,5-6H2,1-2H3. The molecular formula is C9H13BrOS. The zero-order valence-corrected chi connectivity index (χ0v) is 9.70. The van der Waals surface area contributed by atoms with Gasteiger partial charge >= 0.3 is 0 Å². The average molecular weight is 249 g/mol. The third-order valence-electron chi connectivity index (χ3n) is 1.76. The lowest BCUT2D eigenvalue weighted by Crippen LogP contribution is -2.19. The molecule has 0 fully saturated rings. The molecule has 12 heavy (non-hydrogen) atoms. The second-order valence-electron chi connectivity index (χ2n) is 3.69. The van der Waals surface area contributed by atoms with Crippen LogP contribution in [-0.2, 0) is 6.42 Å². The summed E-state index contributed by atoms with van der Waals surface area (Å²) in [6.45, 7) is 4.37. The van der Waals surface area contributed by atoms with Crippen LogP contribution < -0.4 is 0 Å². The largest absolute Gasteiger partial charge is 0.396 e. The van der Waals surface area contributed by atoms with Crippen LogP contribution in [0.4, 0.5) is 0 Å². The van der Waals surface area contributed by atoms with Gasteiger partial charge in [-0.1, -0.05) is 13.8 Å². The molecule has 3 heteroatoms. The topological polar surface area (TPSA) is 20.2 Å². The molecular weight excluding hydrogens is 236 g/mol. The van der Waals surface area contributed by atoms with Crippen LogP contribution in [0.1, 0.15) is 18.7 Å². The molecule has 68 valence electrons. The smallest absolute Gasteiger partial charge is 0.0485 e. The molecule has 0 spiro atoms. The third kappa shape index (κ3) is 2.57. The number of hydrogen-bond donors (Lipinski definition) is 1. The fourth-order valence-corrected chi connectivity index (χ4v) is 2.69. The molecule has 0 aliphatic carbocycles. The zero-order valence-electron chi connectivity index (χ0n) is 7.30. The van der Waals surface area contributed by atoms with Crippen molar-refractivity contribution in [2.75, 3.05) is 6.61 Å². The molecule has 0 aliphatic rings. The summed E-state index contributed by atoms with van der Waals surface area (Å²) in [4.78, 5) is 1.31. The van der Waals surface area contributed by atoms with E-state index in [-0.39, 0.29) is 12.0 Å². The second-order valence-corrected chi connectivity index (χ2v) is 5.55. The first kappa shape index (κ1) is 10.2.